The van der Waals surface area contributed by atoms with Gasteiger partial charge in [0.1, 0.15) is 5.82 Å². The zero-order valence-corrected chi connectivity index (χ0v) is 12.7. The van der Waals surface area contributed by atoms with Crippen LogP contribution >= 0.6 is 23.4 Å². The van der Waals surface area contributed by atoms with Crippen molar-refractivity contribution in [2.45, 2.75) is 25.4 Å². The molecule has 0 unspecified atom stereocenters. The van der Waals surface area contributed by atoms with E-state index < -0.39 is 0 Å². The van der Waals surface area contributed by atoms with Crippen LogP contribution in [0.25, 0.3) is 5.82 Å². The Morgan fingerprint density at radius 1 is 1.42 bits per heavy atom. The molecule has 0 fully saturated rings. The van der Waals surface area contributed by atoms with Gasteiger partial charge in [-0.3, -0.25) is 0 Å². The normalized spacial score (nSPS) is 10.7. The van der Waals surface area contributed by atoms with Crippen LogP contribution in [0.15, 0.2) is 17.4 Å². The van der Waals surface area contributed by atoms with Crippen molar-refractivity contribution in [2.75, 3.05) is 18.1 Å². The fourth-order valence-electron chi connectivity index (χ4n) is 1.52. The van der Waals surface area contributed by atoms with Gasteiger partial charge >= 0.3 is 0 Å². The molecule has 0 aliphatic rings. The Hall–Kier alpha value is -1.27. The highest BCUT2D eigenvalue weighted by molar-refractivity contribution is 7.98. The van der Waals surface area contributed by atoms with E-state index in [9.17, 15) is 0 Å². The summed E-state index contributed by atoms with van der Waals surface area (Å²) in [6.45, 7) is 4.86. The largest absolute Gasteiger partial charge is 0.370 e. The van der Waals surface area contributed by atoms with Crippen LogP contribution in [0.4, 0.5) is 5.82 Å². The van der Waals surface area contributed by atoms with Crippen LogP contribution in [0.3, 0.4) is 0 Å². The molecule has 0 amide bonds. The lowest BCUT2D eigenvalue weighted by molar-refractivity contribution is 0.797. The highest BCUT2D eigenvalue weighted by Crippen LogP contribution is 2.19. The topological polar surface area (TPSA) is 55.6 Å². The Labute approximate surface area is 121 Å². The predicted octanol–water partition coefficient (Wildman–Crippen LogP) is 3.17. The van der Waals surface area contributed by atoms with Gasteiger partial charge in [0.15, 0.2) is 11.0 Å². The number of anilines is 1. The van der Waals surface area contributed by atoms with Crippen LogP contribution in [-0.2, 0) is 0 Å². The van der Waals surface area contributed by atoms with Crippen molar-refractivity contribution in [2.24, 2.45) is 0 Å². The fourth-order valence-corrected chi connectivity index (χ4v) is 2.03. The zero-order valence-electron chi connectivity index (χ0n) is 11.1. The van der Waals surface area contributed by atoms with Crippen LogP contribution in [0, 0.1) is 6.92 Å². The minimum atomic E-state index is 0.632. The molecule has 2 heterocycles. The van der Waals surface area contributed by atoms with Gasteiger partial charge < -0.3 is 5.32 Å². The second-order valence-corrected chi connectivity index (χ2v) is 5.21. The molecule has 0 aliphatic carbocycles. The number of halogens is 1. The second-order valence-electron chi connectivity index (χ2n) is 4.03. The van der Waals surface area contributed by atoms with Gasteiger partial charge in [-0.2, -0.15) is 5.10 Å². The van der Waals surface area contributed by atoms with Crippen molar-refractivity contribution < 1.29 is 0 Å². The monoisotopic (exact) mass is 297 g/mol. The summed E-state index contributed by atoms with van der Waals surface area (Å²) in [6.07, 6.45) is 4.75. The maximum Gasteiger partial charge on any atom is 0.191 e. The van der Waals surface area contributed by atoms with E-state index in [1.165, 1.54) is 11.8 Å². The van der Waals surface area contributed by atoms with Crippen LogP contribution in [-0.4, -0.2) is 32.5 Å². The van der Waals surface area contributed by atoms with Gasteiger partial charge in [-0.05, 0) is 19.6 Å². The lowest BCUT2D eigenvalue weighted by atomic mass is 10.4. The van der Waals surface area contributed by atoms with E-state index in [1.807, 2.05) is 19.2 Å². The number of aryl methyl sites for hydroxylation is 1. The van der Waals surface area contributed by atoms with E-state index in [4.69, 9.17) is 11.6 Å². The zero-order chi connectivity index (χ0) is 13.8. The van der Waals surface area contributed by atoms with Crippen molar-refractivity contribution >= 4 is 29.2 Å². The third-order valence-corrected chi connectivity index (χ3v) is 3.42. The minimum absolute atomic E-state index is 0.632. The molecule has 0 saturated heterocycles. The Bertz CT molecular complexity index is 550. The van der Waals surface area contributed by atoms with E-state index in [0.717, 1.165) is 24.5 Å². The molecule has 0 saturated carbocycles. The molecule has 0 aliphatic heterocycles. The standard InChI is InChI=1S/C12H16ClN5S/c1-4-5-14-10-6-11(16-12(15-10)19-3)18-7-9(13)8(2)17-18/h6-7H,4-5H2,1-3H3,(H,14,15,16). The Balaban J connectivity index is 2.38. The average molecular weight is 298 g/mol. The van der Waals surface area contributed by atoms with Crippen molar-refractivity contribution in [1.82, 2.24) is 19.7 Å². The Kier molecular flexibility index (Phi) is 4.66. The molecular weight excluding hydrogens is 282 g/mol. The van der Waals surface area contributed by atoms with Gasteiger partial charge in [-0.15, -0.1) is 0 Å². The average Bonchev–Trinajstić information content (AvgIpc) is 2.76. The first-order valence-corrected chi connectivity index (χ1v) is 7.63. The van der Waals surface area contributed by atoms with Gasteiger partial charge in [0.05, 0.1) is 16.9 Å². The summed E-state index contributed by atoms with van der Waals surface area (Å²) in [5.74, 6) is 1.52. The molecule has 19 heavy (non-hydrogen) atoms. The molecule has 0 bridgehead atoms. The number of rotatable bonds is 5. The van der Waals surface area contributed by atoms with Crippen LogP contribution in [0.1, 0.15) is 19.0 Å². The van der Waals surface area contributed by atoms with Crippen LogP contribution in [0.2, 0.25) is 5.02 Å². The van der Waals surface area contributed by atoms with E-state index >= 15 is 0 Å². The number of nitrogens with one attached hydrogen (secondary N) is 1. The van der Waals surface area contributed by atoms with Gasteiger partial charge in [0, 0.05) is 12.6 Å². The van der Waals surface area contributed by atoms with Gasteiger partial charge in [0.25, 0.3) is 0 Å². The highest BCUT2D eigenvalue weighted by Gasteiger charge is 2.09. The van der Waals surface area contributed by atoms with E-state index in [1.54, 1.807) is 10.9 Å². The molecule has 2 aromatic heterocycles. The van der Waals surface area contributed by atoms with Crippen molar-refractivity contribution in [3.05, 3.63) is 23.0 Å². The molecule has 102 valence electrons. The predicted molar refractivity (Wildman–Crippen MR) is 79.5 cm³/mol. The van der Waals surface area contributed by atoms with E-state index in [2.05, 4.69) is 27.3 Å². The molecule has 0 aromatic carbocycles. The summed E-state index contributed by atoms with van der Waals surface area (Å²) in [7, 11) is 0. The first-order valence-electron chi connectivity index (χ1n) is 6.03. The Morgan fingerprint density at radius 2 is 2.21 bits per heavy atom. The number of nitrogens with zero attached hydrogens (tertiary/aromatic N) is 4. The maximum atomic E-state index is 6.03. The molecule has 0 spiro atoms. The number of hydrogen-bond donors (Lipinski definition) is 1. The van der Waals surface area contributed by atoms with Crippen molar-refractivity contribution in [3.8, 4) is 5.82 Å². The molecule has 1 N–H and O–H groups in total. The van der Waals surface area contributed by atoms with Crippen LogP contribution in [0.5, 0.6) is 0 Å². The molecule has 2 aromatic rings. The number of aromatic nitrogens is 4. The summed E-state index contributed by atoms with van der Waals surface area (Å²) in [5, 5.41) is 8.94. The Morgan fingerprint density at radius 3 is 2.79 bits per heavy atom. The minimum Gasteiger partial charge on any atom is -0.370 e. The van der Waals surface area contributed by atoms with E-state index in [-0.39, 0.29) is 0 Å². The summed E-state index contributed by atoms with van der Waals surface area (Å²) in [4.78, 5) is 8.85. The summed E-state index contributed by atoms with van der Waals surface area (Å²) in [5.41, 5.74) is 0.786. The summed E-state index contributed by atoms with van der Waals surface area (Å²) in [6, 6.07) is 1.87. The van der Waals surface area contributed by atoms with Gasteiger partial charge in [0.2, 0.25) is 0 Å². The van der Waals surface area contributed by atoms with Crippen molar-refractivity contribution in [3.63, 3.8) is 0 Å². The van der Waals surface area contributed by atoms with Crippen molar-refractivity contribution in [1.29, 1.82) is 0 Å². The SMILES string of the molecule is CCCNc1cc(-n2cc(Cl)c(C)n2)nc(SC)n1. The van der Waals surface area contributed by atoms with Gasteiger partial charge in [-0.25, -0.2) is 14.6 Å². The molecular formula is C12H16ClN5S. The lowest BCUT2D eigenvalue weighted by Gasteiger charge is -2.08. The third-order valence-electron chi connectivity index (χ3n) is 2.50. The molecule has 7 heteroatoms. The summed E-state index contributed by atoms with van der Waals surface area (Å²) < 4.78 is 1.68. The lowest BCUT2D eigenvalue weighted by Crippen LogP contribution is -2.07. The first-order chi connectivity index (χ1) is 9.13. The smallest absolute Gasteiger partial charge is 0.191 e. The fraction of sp³-hybridized carbons (Fsp3) is 0.417. The van der Waals surface area contributed by atoms with E-state index in [0.29, 0.717) is 16.0 Å². The van der Waals surface area contributed by atoms with Crippen LogP contribution < -0.4 is 5.32 Å². The number of thioether (sulfide) groups is 1. The molecule has 0 atom stereocenters. The highest BCUT2D eigenvalue weighted by atomic mass is 35.5. The third kappa shape index (κ3) is 3.39. The quantitative estimate of drug-likeness (QED) is 0.678. The number of hydrogen-bond acceptors (Lipinski definition) is 5. The molecule has 2 rings (SSSR count). The maximum absolute atomic E-state index is 6.03. The summed E-state index contributed by atoms with van der Waals surface area (Å²) >= 11 is 7.53. The molecule has 5 nitrogen and oxygen atoms in total. The van der Waals surface area contributed by atoms with Gasteiger partial charge in [-0.1, -0.05) is 30.3 Å². The molecule has 0 radical (unpaired) electrons. The second kappa shape index (κ2) is 6.25. The first kappa shape index (κ1) is 14.1.